The molecule has 0 unspecified atom stereocenters. The first kappa shape index (κ1) is 14.5. The molecule has 0 saturated carbocycles. The van der Waals surface area contributed by atoms with Gasteiger partial charge in [-0.3, -0.25) is 4.90 Å². The summed E-state index contributed by atoms with van der Waals surface area (Å²) in [5, 5.41) is 3.49. The van der Waals surface area contributed by atoms with E-state index in [9.17, 15) is 0 Å². The molecular weight excluding hydrogens is 232 g/mol. The van der Waals surface area contributed by atoms with Crippen molar-refractivity contribution in [3.63, 3.8) is 0 Å². The largest absolute Gasteiger partial charge is 0.315 e. The SMILES string of the molecule is Cc1ccc(CCC(C)(C)N2CCCNCC2)cc1. The van der Waals surface area contributed by atoms with Gasteiger partial charge in [-0.2, -0.15) is 0 Å². The molecule has 19 heavy (non-hydrogen) atoms. The van der Waals surface area contributed by atoms with Crippen molar-refractivity contribution in [3.05, 3.63) is 35.4 Å². The van der Waals surface area contributed by atoms with Gasteiger partial charge in [0.15, 0.2) is 0 Å². The summed E-state index contributed by atoms with van der Waals surface area (Å²) in [4.78, 5) is 2.65. The maximum absolute atomic E-state index is 3.49. The van der Waals surface area contributed by atoms with Crippen molar-refractivity contribution in [1.29, 1.82) is 0 Å². The number of benzene rings is 1. The highest BCUT2D eigenvalue weighted by molar-refractivity contribution is 5.21. The fourth-order valence-electron chi connectivity index (χ4n) is 2.81. The standard InChI is InChI=1S/C17H28N2/c1-15-5-7-16(8-6-15)9-10-17(2,3)19-13-4-11-18-12-14-19/h5-8,18H,4,9-14H2,1-3H3. The second-order valence-electron chi connectivity index (χ2n) is 6.39. The molecule has 0 aliphatic carbocycles. The first-order valence-corrected chi connectivity index (χ1v) is 7.59. The van der Waals surface area contributed by atoms with Crippen LogP contribution >= 0.6 is 0 Å². The predicted molar refractivity (Wildman–Crippen MR) is 82.6 cm³/mol. The Hall–Kier alpha value is -0.860. The molecule has 0 amide bonds. The van der Waals surface area contributed by atoms with Crippen LogP contribution in [-0.2, 0) is 6.42 Å². The summed E-state index contributed by atoms with van der Waals surface area (Å²) in [6, 6.07) is 8.99. The van der Waals surface area contributed by atoms with E-state index < -0.39 is 0 Å². The second kappa shape index (κ2) is 6.53. The van der Waals surface area contributed by atoms with Crippen LogP contribution in [0.2, 0.25) is 0 Å². The molecule has 1 N–H and O–H groups in total. The Morgan fingerprint density at radius 2 is 1.84 bits per heavy atom. The smallest absolute Gasteiger partial charge is 0.0156 e. The highest BCUT2D eigenvalue weighted by Crippen LogP contribution is 2.22. The van der Waals surface area contributed by atoms with Gasteiger partial charge in [-0.15, -0.1) is 0 Å². The van der Waals surface area contributed by atoms with Crippen LogP contribution in [0.3, 0.4) is 0 Å². The van der Waals surface area contributed by atoms with Gasteiger partial charge in [0.05, 0.1) is 0 Å². The van der Waals surface area contributed by atoms with Crippen LogP contribution in [0.5, 0.6) is 0 Å². The summed E-state index contributed by atoms with van der Waals surface area (Å²) < 4.78 is 0. The average Bonchev–Trinajstić information content (AvgIpc) is 2.67. The number of rotatable bonds is 4. The Morgan fingerprint density at radius 1 is 1.11 bits per heavy atom. The molecule has 1 saturated heterocycles. The number of hydrogen-bond donors (Lipinski definition) is 1. The minimum atomic E-state index is 0.302. The average molecular weight is 260 g/mol. The number of nitrogens with one attached hydrogen (secondary N) is 1. The first-order chi connectivity index (χ1) is 9.08. The van der Waals surface area contributed by atoms with Crippen molar-refractivity contribution < 1.29 is 0 Å². The van der Waals surface area contributed by atoms with Gasteiger partial charge in [0.2, 0.25) is 0 Å². The Balaban J connectivity index is 1.90. The Morgan fingerprint density at radius 3 is 2.58 bits per heavy atom. The minimum absolute atomic E-state index is 0.302. The van der Waals surface area contributed by atoms with Gasteiger partial charge in [0, 0.05) is 18.6 Å². The molecule has 0 radical (unpaired) electrons. The van der Waals surface area contributed by atoms with Crippen molar-refractivity contribution in [2.24, 2.45) is 0 Å². The van der Waals surface area contributed by atoms with E-state index in [2.05, 4.69) is 55.3 Å². The van der Waals surface area contributed by atoms with Crippen LogP contribution in [0.4, 0.5) is 0 Å². The number of hydrogen-bond acceptors (Lipinski definition) is 2. The van der Waals surface area contributed by atoms with Gasteiger partial charge in [0.1, 0.15) is 0 Å². The molecule has 2 rings (SSSR count). The fourth-order valence-corrected chi connectivity index (χ4v) is 2.81. The molecule has 2 nitrogen and oxygen atoms in total. The maximum Gasteiger partial charge on any atom is 0.0156 e. The maximum atomic E-state index is 3.49. The molecule has 1 aromatic rings. The van der Waals surface area contributed by atoms with E-state index in [1.54, 1.807) is 0 Å². The summed E-state index contributed by atoms with van der Waals surface area (Å²) in [5.74, 6) is 0. The van der Waals surface area contributed by atoms with Crippen LogP contribution in [0.15, 0.2) is 24.3 Å². The summed E-state index contributed by atoms with van der Waals surface area (Å²) in [6.45, 7) is 11.7. The summed E-state index contributed by atoms with van der Waals surface area (Å²) in [5.41, 5.74) is 3.12. The normalized spacial score (nSPS) is 18.3. The third kappa shape index (κ3) is 4.32. The van der Waals surface area contributed by atoms with Crippen molar-refractivity contribution in [1.82, 2.24) is 10.2 Å². The third-order valence-electron chi connectivity index (χ3n) is 4.34. The molecule has 1 fully saturated rings. The first-order valence-electron chi connectivity index (χ1n) is 7.59. The van der Waals surface area contributed by atoms with E-state index in [1.165, 1.54) is 50.0 Å². The van der Waals surface area contributed by atoms with Gasteiger partial charge < -0.3 is 5.32 Å². The van der Waals surface area contributed by atoms with Crippen molar-refractivity contribution in [3.8, 4) is 0 Å². The van der Waals surface area contributed by atoms with Crippen molar-refractivity contribution in [2.75, 3.05) is 26.2 Å². The van der Waals surface area contributed by atoms with Crippen LogP contribution in [0.25, 0.3) is 0 Å². The molecule has 0 atom stereocenters. The zero-order chi connectivity index (χ0) is 13.7. The predicted octanol–water partition coefficient (Wildman–Crippen LogP) is 3.00. The number of aryl methyl sites for hydroxylation is 2. The van der Waals surface area contributed by atoms with E-state index in [-0.39, 0.29) is 0 Å². The summed E-state index contributed by atoms with van der Waals surface area (Å²) in [7, 11) is 0. The quantitative estimate of drug-likeness (QED) is 0.895. The Bertz CT molecular complexity index is 373. The lowest BCUT2D eigenvalue weighted by atomic mass is 9.93. The number of nitrogens with zero attached hydrogens (tertiary/aromatic N) is 1. The van der Waals surface area contributed by atoms with Crippen LogP contribution in [0.1, 0.15) is 37.8 Å². The monoisotopic (exact) mass is 260 g/mol. The molecule has 2 heteroatoms. The van der Waals surface area contributed by atoms with Crippen LogP contribution in [-0.4, -0.2) is 36.6 Å². The van der Waals surface area contributed by atoms with Gasteiger partial charge in [-0.1, -0.05) is 29.8 Å². The van der Waals surface area contributed by atoms with Gasteiger partial charge in [-0.05, 0) is 58.7 Å². The highest BCUT2D eigenvalue weighted by Gasteiger charge is 2.26. The van der Waals surface area contributed by atoms with Crippen LogP contribution in [0, 0.1) is 6.92 Å². The van der Waals surface area contributed by atoms with Gasteiger partial charge >= 0.3 is 0 Å². The van der Waals surface area contributed by atoms with E-state index >= 15 is 0 Å². The summed E-state index contributed by atoms with van der Waals surface area (Å²) in [6.07, 6.45) is 3.68. The molecule has 0 spiro atoms. The topological polar surface area (TPSA) is 15.3 Å². The minimum Gasteiger partial charge on any atom is -0.315 e. The van der Waals surface area contributed by atoms with Gasteiger partial charge in [0.25, 0.3) is 0 Å². The lowest BCUT2D eigenvalue weighted by Crippen LogP contribution is -2.46. The third-order valence-corrected chi connectivity index (χ3v) is 4.34. The van der Waals surface area contributed by atoms with Crippen LogP contribution < -0.4 is 5.32 Å². The Labute approximate surface area is 118 Å². The lowest BCUT2D eigenvalue weighted by Gasteiger charge is -2.38. The molecule has 1 aliphatic rings. The molecule has 1 aliphatic heterocycles. The van der Waals surface area contributed by atoms with Crippen molar-refractivity contribution >= 4 is 0 Å². The van der Waals surface area contributed by atoms with Crippen molar-refractivity contribution in [2.45, 2.75) is 45.6 Å². The summed E-state index contributed by atoms with van der Waals surface area (Å²) >= 11 is 0. The van der Waals surface area contributed by atoms with E-state index in [4.69, 9.17) is 0 Å². The lowest BCUT2D eigenvalue weighted by molar-refractivity contribution is 0.120. The molecule has 1 heterocycles. The van der Waals surface area contributed by atoms with E-state index in [1.807, 2.05) is 0 Å². The van der Waals surface area contributed by atoms with E-state index in [0.29, 0.717) is 5.54 Å². The molecule has 106 valence electrons. The van der Waals surface area contributed by atoms with Gasteiger partial charge in [-0.25, -0.2) is 0 Å². The zero-order valence-electron chi connectivity index (χ0n) is 12.7. The molecule has 0 bridgehead atoms. The fraction of sp³-hybridized carbons (Fsp3) is 0.647. The zero-order valence-corrected chi connectivity index (χ0v) is 12.7. The highest BCUT2D eigenvalue weighted by atomic mass is 15.2. The Kier molecular flexibility index (Phi) is 5.00. The molecule has 1 aromatic carbocycles. The molecule has 0 aromatic heterocycles. The van der Waals surface area contributed by atoms with E-state index in [0.717, 1.165) is 6.54 Å². The second-order valence-corrected chi connectivity index (χ2v) is 6.39. The molecular formula is C17H28N2.